The summed E-state index contributed by atoms with van der Waals surface area (Å²) < 4.78 is 11.7. The molecule has 0 saturated heterocycles. The number of hydrogen-bond donors (Lipinski definition) is 2. The van der Waals surface area contributed by atoms with Crippen LogP contribution in [0.25, 0.3) is 0 Å². The molecule has 0 amide bonds. The van der Waals surface area contributed by atoms with Gasteiger partial charge in [-0.05, 0) is 41.0 Å². The van der Waals surface area contributed by atoms with E-state index in [9.17, 15) is 0 Å². The first-order valence-corrected chi connectivity index (χ1v) is 6.35. The zero-order valence-corrected chi connectivity index (χ0v) is 11.5. The van der Waals surface area contributed by atoms with Crippen molar-refractivity contribution in [2.75, 3.05) is 33.4 Å². The molecule has 0 heterocycles. The van der Waals surface area contributed by atoms with Gasteiger partial charge >= 0.3 is 0 Å². The van der Waals surface area contributed by atoms with E-state index >= 15 is 0 Å². The molecule has 0 radical (unpaired) electrons. The van der Waals surface area contributed by atoms with E-state index < -0.39 is 0 Å². The molecular weight excluding hydrogens is 286 g/mol. The lowest BCUT2D eigenvalue weighted by molar-refractivity contribution is 0.281. The Morgan fingerprint density at radius 3 is 2.88 bits per heavy atom. The third-order valence-corrected chi connectivity index (χ3v) is 2.83. The molecular formula is C12H18BrNO3. The molecule has 0 aliphatic carbocycles. The van der Waals surface area contributed by atoms with Crippen LogP contribution >= 0.6 is 15.9 Å². The van der Waals surface area contributed by atoms with Gasteiger partial charge in [-0.3, -0.25) is 0 Å². The molecule has 0 unspecified atom stereocenters. The summed E-state index contributed by atoms with van der Waals surface area (Å²) in [6.07, 6.45) is 0.901. The highest BCUT2D eigenvalue weighted by molar-refractivity contribution is 9.10. The third kappa shape index (κ3) is 5.39. The van der Waals surface area contributed by atoms with Crippen LogP contribution in [0.15, 0.2) is 22.7 Å². The van der Waals surface area contributed by atoms with Gasteiger partial charge in [-0.15, -0.1) is 0 Å². The van der Waals surface area contributed by atoms with Gasteiger partial charge in [-0.25, -0.2) is 0 Å². The summed E-state index contributed by atoms with van der Waals surface area (Å²) in [7, 11) is 1.63. The fourth-order valence-corrected chi connectivity index (χ4v) is 1.73. The molecule has 0 aliphatic heterocycles. The topological polar surface area (TPSA) is 50.7 Å². The second kappa shape index (κ2) is 8.33. The van der Waals surface area contributed by atoms with Crippen LogP contribution in [0.3, 0.4) is 0 Å². The number of halogens is 1. The van der Waals surface area contributed by atoms with Gasteiger partial charge in [-0.1, -0.05) is 0 Å². The highest BCUT2D eigenvalue weighted by Crippen LogP contribution is 2.28. The highest BCUT2D eigenvalue weighted by atomic mass is 79.9. The van der Waals surface area contributed by atoms with Crippen molar-refractivity contribution in [2.24, 2.45) is 0 Å². The van der Waals surface area contributed by atoms with Gasteiger partial charge in [0.1, 0.15) is 11.5 Å². The standard InChI is InChI=1S/C12H18BrNO3/c1-16-12-9-10(3-4-11(12)13)17-8-2-5-14-6-7-15/h3-4,9,14-15H,2,5-8H2,1H3. The van der Waals surface area contributed by atoms with Crippen molar-refractivity contribution in [3.63, 3.8) is 0 Å². The molecule has 0 aromatic heterocycles. The van der Waals surface area contributed by atoms with Gasteiger partial charge in [0.2, 0.25) is 0 Å². The SMILES string of the molecule is COc1cc(OCCCNCCO)ccc1Br. The van der Waals surface area contributed by atoms with Crippen LogP contribution in [-0.2, 0) is 0 Å². The number of ether oxygens (including phenoxy) is 2. The molecule has 1 aromatic rings. The van der Waals surface area contributed by atoms with Crippen molar-refractivity contribution in [1.82, 2.24) is 5.32 Å². The lowest BCUT2D eigenvalue weighted by atomic mass is 10.3. The molecule has 0 bridgehead atoms. The largest absolute Gasteiger partial charge is 0.495 e. The van der Waals surface area contributed by atoms with E-state index in [1.807, 2.05) is 18.2 Å². The summed E-state index contributed by atoms with van der Waals surface area (Å²) >= 11 is 3.39. The number of rotatable bonds is 8. The molecule has 0 saturated carbocycles. The molecule has 0 atom stereocenters. The monoisotopic (exact) mass is 303 g/mol. The van der Waals surface area contributed by atoms with E-state index in [1.54, 1.807) is 7.11 Å². The van der Waals surface area contributed by atoms with Gasteiger partial charge in [0.15, 0.2) is 0 Å². The van der Waals surface area contributed by atoms with Crippen LogP contribution in [0.4, 0.5) is 0 Å². The second-order valence-electron chi connectivity index (χ2n) is 3.47. The number of nitrogens with one attached hydrogen (secondary N) is 1. The Kier molecular flexibility index (Phi) is 7.00. The zero-order valence-electron chi connectivity index (χ0n) is 9.91. The maximum absolute atomic E-state index is 8.57. The molecule has 0 spiro atoms. The van der Waals surface area contributed by atoms with Crippen LogP contribution in [-0.4, -0.2) is 38.5 Å². The summed E-state index contributed by atoms with van der Waals surface area (Å²) in [6, 6.07) is 5.65. The van der Waals surface area contributed by atoms with E-state index in [0.29, 0.717) is 13.2 Å². The van der Waals surface area contributed by atoms with Gasteiger partial charge in [0.05, 0.1) is 24.8 Å². The maximum Gasteiger partial charge on any atom is 0.136 e. The van der Waals surface area contributed by atoms with Crippen LogP contribution in [0.2, 0.25) is 0 Å². The minimum atomic E-state index is 0.171. The third-order valence-electron chi connectivity index (χ3n) is 2.18. The molecule has 96 valence electrons. The van der Waals surface area contributed by atoms with Crippen LogP contribution in [0, 0.1) is 0 Å². The summed E-state index contributed by atoms with van der Waals surface area (Å²) in [5.41, 5.74) is 0. The Morgan fingerprint density at radius 2 is 2.18 bits per heavy atom. The van der Waals surface area contributed by atoms with Crippen molar-refractivity contribution >= 4 is 15.9 Å². The van der Waals surface area contributed by atoms with Gasteiger partial charge in [-0.2, -0.15) is 0 Å². The number of benzene rings is 1. The normalized spacial score (nSPS) is 10.3. The fraction of sp³-hybridized carbons (Fsp3) is 0.500. The Labute approximate surface area is 110 Å². The zero-order chi connectivity index (χ0) is 12.5. The predicted octanol–water partition coefficient (Wildman–Crippen LogP) is 1.81. The lowest BCUT2D eigenvalue weighted by Crippen LogP contribution is -2.20. The smallest absolute Gasteiger partial charge is 0.136 e. The minimum absolute atomic E-state index is 0.171. The van der Waals surface area contributed by atoms with Crippen LogP contribution in [0.1, 0.15) is 6.42 Å². The van der Waals surface area contributed by atoms with Crippen LogP contribution < -0.4 is 14.8 Å². The average molecular weight is 304 g/mol. The van der Waals surface area contributed by atoms with E-state index in [2.05, 4.69) is 21.2 Å². The molecule has 4 nitrogen and oxygen atoms in total. The summed E-state index contributed by atoms with van der Waals surface area (Å²) in [5.74, 6) is 1.56. The number of hydrogen-bond acceptors (Lipinski definition) is 4. The van der Waals surface area contributed by atoms with E-state index in [4.69, 9.17) is 14.6 Å². The van der Waals surface area contributed by atoms with E-state index in [1.165, 1.54) is 0 Å². The molecule has 0 aliphatic rings. The van der Waals surface area contributed by atoms with Crippen molar-refractivity contribution in [2.45, 2.75) is 6.42 Å². The second-order valence-corrected chi connectivity index (χ2v) is 4.33. The quantitative estimate of drug-likeness (QED) is 0.719. The first kappa shape index (κ1) is 14.3. The Hall–Kier alpha value is -0.780. The Morgan fingerprint density at radius 1 is 1.35 bits per heavy atom. The van der Waals surface area contributed by atoms with Gasteiger partial charge < -0.3 is 19.9 Å². The summed E-state index contributed by atoms with van der Waals surface area (Å²) in [4.78, 5) is 0. The maximum atomic E-state index is 8.57. The van der Waals surface area contributed by atoms with Gasteiger partial charge in [0.25, 0.3) is 0 Å². The van der Waals surface area contributed by atoms with Crippen molar-refractivity contribution in [3.05, 3.63) is 22.7 Å². The Bertz CT molecular complexity index is 334. The molecule has 0 fully saturated rings. The first-order chi connectivity index (χ1) is 8.27. The summed E-state index contributed by atoms with van der Waals surface area (Å²) in [6.45, 7) is 2.29. The molecule has 1 rings (SSSR count). The number of aliphatic hydroxyl groups is 1. The van der Waals surface area contributed by atoms with Crippen molar-refractivity contribution in [1.29, 1.82) is 0 Å². The highest BCUT2D eigenvalue weighted by Gasteiger charge is 2.01. The fourth-order valence-electron chi connectivity index (χ4n) is 1.32. The molecule has 17 heavy (non-hydrogen) atoms. The van der Waals surface area contributed by atoms with E-state index in [0.717, 1.165) is 28.9 Å². The van der Waals surface area contributed by atoms with Crippen LogP contribution in [0.5, 0.6) is 11.5 Å². The van der Waals surface area contributed by atoms with E-state index in [-0.39, 0.29) is 6.61 Å². The summed E-state index contributed by atoms with van der Waals surface area (Å²) in [5, 5.41) is 11.7. The first-order valence-electron chi connectivity index (χ1n) is 5.56. The molecule has 5 heteroatoms. The van der Waals surface area contributed by atoms with Crippen molar-refractivity contribution in [3.8, 4) is 11.5 Å². The predicted molar refractivity (Wildman–Crippen MR) is 70.8 cm³/mol. The lowest BCUT2D eigenvalue weighted by Gasteiger charge is -2.09. The Balaban J connectivity index is 2.27. The number of methoxy groups -OCH3 is 1. The minimum Gasteiger partial charge on any atom is -0.495 e. The molecule has 1 aromatic carbocycles. The molecule has 2 N–H and O–H groups in total. The van der Waals surface area contributed by atoms with Gasteiger partial charge in [0, 0.05) is 12.6 Å². The van der Waals surface area contributed by atoms with Crippen molar-refractivity contribution < 1.29 is 14.6 Å². The average Bonchev–Trinajstić information content (AvgIpc) is 2.35. The number of aliphatic hydroxyl groups excluding tert-OH is 1.